The third-order valence-electron chi connectivity index (χ3n) is 6.98. The summed E-state index contributed by atoms with van der Waals surface area (Å²) in [5.74, 6) is 3.02. The maximum Gasteiger partial charge on any atom is 2.00 e. The summed E-state index contributed by atoms with van der Waals surface area (Å²) >= 11 is 1.68. The van der Waals surface area contributed by atoms with Gasteiger partial charge in [0, 0.05) is 28.1 Å². The van der Waals surface area contributed by atoms with Crippen molar-refractivity contribution in [3.8, 4) is 23.1 Å². The zero-order chi connectivity index (χ0) is 26.6. The first kappa shape index (κ1) is 26.7. The predicted octanol–water partition coefficient (Wildman–Crippen LogP) is 7.75. The van der Waals surface area contributed by atoms with E-state index in [1.807, 2.05) is 48.7 Å². The molecule has 1 aliphatic heterocycles. The van der Waals surface area contributed by atoms with Crippen LogP contribution in [0.4, 0.5) is 0 Å². The van der Waals surface area contributed by atoms with Crippen LogP contribution in [0.25, 0.3) is 27.6 Å². The Balaban J connectivity index is 0.00000289. The van der Waals surface area contributed by atoms with Crippen LogP contribution in [0.5, 0.6) is 17.2 Å². The van der Waals surface area contributed by atoms with Crippen molar-refractivity contribution in [2.24, 2.45) is 0 Å². The number of hydrogen-bond acceptors (Lipinski definition) is 4. The summed E-state index contributed by atoms with van der Waals surface area (Å²) in [5, 5.41) is 2.26. The fraction of sp³-hybridized carbons (Fsp3) is 0.121. The van der Waals surface area contributed by atoms with E-state index in [1.54, 1.807) is 11.6 Å². The molecule has 4 nitrogen and oxygen atoms in total. The molecular weight excluding hydrogens is 694 g/mol. The SMILES string of the molecule is CC(C)(C)c1ccnc(-n2c3[c-]c(Oc4[c-]c(B5Oc6ccccc6S5)ccc4)ccc3c3ccccc32)c1.[Pt+2]. The summed E-state index contributed by atoms with van der Waals surface area (Å²) in [4.78, 5) is 5.90. The van der Waals surface area contributed by atoms with Crippen molar-refractivity contribution >= 4 is 45.1 Å². The van der Waals surface area contributed by atoms with Gasteiger partial charge in [-0.05, 0) is 46.7 Å². The van der Waals surface area contributed by atoms with Crippen LogP contribution in [0, 0.1) is 12.1 Å². The minimum absolute atomic E-state index is 0. The molecule has 0 amide bonds. The molecule has 0 saturated carbocycles. The van der Waals surface area contributed by atoms with Gasteiger partial charge in [0.05, 0.1) is 0 Å². The molecule has 6 aromatic rings. The number of rotatable bonds is 4. The Kier molecular flexibility index (Phi) is 7.02. The molecule has 7 heteroatoms. The van der Waals surface area contributed by atoms with Crippen molar-refractivity contribution in [3.05, 3.63) is 115 Å². The first-order valence-electron chi connectivity index (χ1n) is 13.0. The number of fused-ring (bicyclic) bond motifs is 4. The van der Waals surface area contributed by atoms with Crippen molar-refractivity contribution in [2.75, 3.05) is 0 Å². The van der Waals surface area contributed by atoms with Crippen LogP contribution in [-0.2, 0) is 26.5 Å². The smallest absolute Gasteiger partial charge is 0.547 e. The van der Waals surface area contributed by atoms with Gasteiger partial charge in [0.1, 0.15) is 11.6 Å². The van der Waals surface area contributed by atoms with Crippen molar-refractivity contribution < 1.29 is 30.5 Å². The number of hydrogen-bond donors (Lipinski definition) is 0. The minimum Gasteiger partial charge on any atom is -0.547 e. The van der Waals surface area contributed by atoms with E-state index in [9.17, 15) is 0 Å². The van der Waals surface area contributed by atoms with Crippen LogP contribution in [0.15, 0.2) is 102 Å². The molecule has 0 aliphatic carbocycles. The first-order valence-corrected chi connectivity index (χ1v) is 13.9. The van der Waals surface area contributed by atoms with Crippen LogP contribution >= 0.6 is 11.6 Å². The second-order valence-electron chi connectivity index (χ2n) is 10.7. The summed E-state index contributed by atoms with van der Waals surface area (Å²) in [6, 6.07) is 37.7. The summed E-state index contributed by atoms with van der Waals surface area (Å²) in [6.45, 7) is 6.65. The van der Waals surface area contributed by atoms with Crippen LogP contribution < -0.4 is 14.9 Å². The molecule has 0 fully saturated rings. The summed E-state index contributed by atoms with van der Waals surface area (Å²) in [6.07, 6.45) is 1.74. The maximum atomic E-state index is 6.32. The molecule has 0 unspecified atom stereocenters. The van der Waals surface area contributed by atoms with Gasteiger partial charge in [0.15, 0.2) is 0 Å². The van der Waals surface area contributed by atoms with Gasteiger partial charge in [-0.3, -0.25) is 0 Å². The van der Waals surface area contributed by atoms with Gasteiger partial charge >= 0.3 is 27.3 Å². The van der Waals surface area contributed by atoms with Gasteiger partial charge in [0.25, 0.3) is 0 Å². The Morgan fingerprint density at radius 1 is 0.850 bits per heavy atom. The molecule has 2 aromatic heterocycles. The van der Waals surface area contributed by atoms with Gasteiger partial charge in [0.2, 0.25) is 0 Å². The third kappa shape index (κ3) is 4.84. The van der Waals surface area contributed by atoms with E-state index in [-0.39, 0.29) is 32.7 Å². The normalized spacial score (nSPS) is 12.7. The zero-order valence-electron chi connectivity index (χ0n) is 22.3. The molecular formula is C33H25BN2O2PtS. The van der Waals surface area contributed by atoms with Crippen molar-refractivity contribution in [1.82, 2.24) is 9.55 Å². The second kappa shape index (κ2) is 10.5. The molecule has 3 heterocycles. The van der Waals surface area contributed by atoms with Gasteiger partial charge < -0.3 is 14.0 Å². The number of ether oxygens (including phenoxy) is 1. The summed E-state index contributed by atoms with van der Waals surface area (Å²) < 4.78 is 14.6. The fourth-order valence-electron chi connectivity index (χ4n) is 4.99. The number of benzene rings is 4. The van der Waals surface area contributed by atoms with Gasteiger partial charge in [-0.25, -0.2) is 4.98 Å². The average Bonchev–Trinajstić information content (AvgIpc) is 3.52. The van der Waals surface area contributed by atoms with Crippen molar-refractivity contribution in [2.45, 2.75) is 31.1 Å². The Morgan fingerprint density at radius 2 is 1.65 bits per heavy atom. The average molecular weight is 720 g/mol. The van der Waals surface area contributed by atoms with E-state index in [4.69, 9.17) is 14.4 Å². The largest absolute Gasteiger partial charge is 2.00 e. The molecule has 7 rings (SSSR count). The van der Waals surface area contributed by atoms with Crippen LogP contribution in [0.2, 0.25) is 0 Å². The topological polar surface area (TPSA) is 36.3 Å². The predicted molar refractivity (Wildman–Crippen MR) is 160 cm³/mol. The number of pyridine rings is 1. The standard InChI is InChI=1S/C33H25BN2O2S.Pt/c1-33(2,3)22-17-18-35-32(19-22)36-28-12-5-4-11-26(28)27-16-15-25(21-29(27)36)37-24-10-8-9-23(20-24)34-38-30-13-6-7-14-31(30)39-34;/h4-19H,1-3H3;/q-2;+2. The van der Waals surface area contributed by atoms with Crippen molar-refractivity contribution in [1.29, 1.82) is 0 Å². The molecule has 4 aromatic carbocycles. The molecule has 0 radical (unpaired) electrons. The molecule has 0 N–H and O–H groups in total. The molecule has 0 atom stereocenters. The van der Waals surface area contributed by atoms with E-state index < -0.39 is 0 Å². The second-order valence-corrected chi connectivity index (χ2v) is 11.8. The molecule has 40 heavy (non-hydrogen) atoms. The molecule has 0 spiro atoms. The number of nitrogens with zero attached hydrogens (tertiary/aromatic N) is 2. The Labute approximate surface area is 253 Å². The fourth-order valence-corrected chi connectivity index (χ4v) is 6.02. The number of aromatic nitrogens is 2. The third-order valence-corrected chi connectivity index (χ3v) is 8.13. The van der Waals surface area contributed by atoms with Crippen LogP contribution in [0.1, 0.15) is 26.3 Å². The monoisotopic (exact) mass is 719 g/mol. The van der Waals surface area contributed by atoms with E-state index in [1.165, 1.54) is 5.56 Å². The minimum atomic E-state index is -0.152. The van der Waals surface area contributed by atoms with Gasteiger partial charge in [-0.15, -0.1) is 46.7 Å². The summed E-state index contributed by atoms with van der Waals surface area (Å²) in [5.41, 5.74) is 4.19. The first-order chi connectivity index (χ1) is 18.9. The maximum absolute atomic E-state index is 6.32. The Morgan fingerprint density at radius 3 is 2.50 bits per heavy atom. The molecule has 0 bridgehead atoms. The molecule has 1 aliphatic rings. The number of para-hydroxylation sites is 2. The van der Waals surface area contributed by atoms with Crippen molar-refractivity contribution in [3.63, 3.8) is 0 Å². The van der Waals surface area contributed by atoms with E-state index >= 15 is 0 Å². The van der Waals surface area contributed by atoms with E-state index in [0.717, 1.165) is 43.7 Å². The quantitative estimate of drug-likeness (QED) is 0.138. The summed E-state index contributed by atoms with van der Waals surface area (Å²) in [7, 11) is 0. The Bertz CT molecular complexity index is 1840. The molecule has 198 valence electrons. The van der Waals surface area contributed by atoms with Crippen LogP contribution in [0.3, 0.4) is 0 Å². The molecule has 0 saturated heterocycles. The Hall–Kier alpha value is -3.47. The van der Waals surface area contributed by atoms with Gasteiger partial charge in [-0.1, -0.05) is 56.6 Å². The van der Waals surface area contributed by atoms with E-state index in [0.29, 0.717) is 11.5 Å². The zero-order valence-corrected chi connectivity index (χ0v) is 25.3. The van der Waals surface area contributed by atoms with Gasteiger partial charge in [-0.2, -0.15) is 18.2 Å². The van der Waals surface area contributed by atoms with E-state index in [2.05, 4.69) is 86.0 Å². The van der Waals surface area contributed by atoms with Crippen LogP contribution in [-0.4, -0.2) is 15.7 Å².